The van der Waals surface area contributed by atoms with Crippen molar-refractivity contribution in [2.24, 2.45) is 0 Å². The molecule has 1 aliphatic heterocycles. The predicted octanol–water partition coefficient (Wildman–Crippen LogP) is 3.76. The Balaban J connectivity index is 1.89. The molecule has 1 unspecified atom stereocenters. The molecule has 0 spiro atoms. The molecular formula is C15H18BrF2NO. The van der Waals surface area contributed by atoms with Crippen LogP contribution in [0.4, 0.5) is 8.78 Å². The van der Waals surface area contributed by atoms with E-state index in [2.05, 4.69) is 21.2 Å². The van der Waals surface area contributed by atoms with Crippen molar-refractivity contribution in [1.82, 2.24) is 5.32 Å². The third kappa shape index (κ3) is 4.09. The maximum Gasteiger partial charge on any atom is 0.143 e. The molecule has 1 aliphatic rings. The smallest absolute Gasteiger partial charge is 0.143 e. The van der Waals surface area contributed by atoms with E-state index in [-0.39, 0.29) is 22.2 Å². The number of carbonyl (C=O) groups excluding carboxylic acids is 1. The van der Waals surface area contributed by atoms with Gasteiger partial charge >= 0.3 is 0 Å². The van der Waals surface area contributed by atoms with Crippen molar-refractivity contribution in [2.75, 3.05) is 6.54 Å². The first-order valence-corrected chi connectivity index (χ1v) is 7.74. The Morgan fingerprint density at radius 2 is 2.15 bits per heavy atom. The van der Waals surface area contributed by atoms with Gasteiger partial charge in [-0.3, -0.25) is 4.79 Å². The maximum absolute atomic E-state index is 13.8. The first-order valence-electron chi connectivity index (χ1n) is 6.95. The van der Waals surface area contributed by atoms with E-state index in [1.54, 1.807) is 0 Å². The van der Waals surface area contributed by atoms with Gasteiger partial charge < -0.3 is 5.32 Å². The summed E-state index contributed by atoms with van der Waals surface area (Å²) < 4.78 is 27.5. The van der Waals surface area contributed by atoms with E-state index in [1.165, 1.54) is 25.0 Å². The molecule has 2 rings (SSSR count). The summed E-state index contributed by atoms with van der Waals surface area (Å²) in [6.45, 7) is 0.994. The Kier molecular flexibility index (Phi) is 5.66. The van der Waals surface area contributed by atoms with Crippen LogP contribution in [0.2, 0.25) is 0 Å². The number of piperidine rings is 1. The summed E-state index contributed by atoms with van der Waals surface area (Å²) in [6.07, 6.45) is 4.37. The Labute approximate surface area is 126 Å². The fraction of sp³-hybridized carbons (Fsp3) is 0.533. The van der Waals surface area contributed by atoms with Gasteiger partial charge in [0.05, 0.1) is 4.47 Å². The summed E-state index contributed by atoms with van der Waals surface area (Å²) in [5, 5.41) is 3.36. The van der Waals surface area contributed by atoms with Gasteiger partial charge in [-0.2, -0.15) is 0 Å². The number of rotatable bonds is 5. The second-order valence-electron chi connectivity index (χ2n) is 5.22. The highest BCUT2D eigenvalue weighted by Gasteiger charge is 2.18. The van der Waals surface area contributed by atoms with Gasteiger partial charge in [-0.05, 0) is 53.9 Å². The Hall–Kier alpha value is -0.810. The molecule has 0 aromatic heterocycles. The summed E-state index contributed by atoms with van der Waals surface area (Å²) >= 11 is 3.01. The van der Waals surface area contributed by atoms with Crippen molar-refractivity contribution in [3.05, 3.63) is 33.8 Å². The molecular weight excluding hydrogens is 328 g/mol. The number of carbonyl (C=O) groups is 1. The van der Waals surface area contributed by atoms with E-state index in [4.69, 9.17) is 0 Å². The minimum Gasteiger partial charge on any atom is -0.314 e. The van der Waals surface area contributed by atoms with Crippen LogP contribution in [0.1, 0.15) is 37.7 Å². The molecule has 0 radical (unpaired) electrons. The van der Waals surface area contributed by atoms with Gasteiger partial charge in [0.25, 0.3) is 0 Å². The number of halogens is 3. The second-order valence-corrected chi connectivity index (χ2v) is 6.08. The number of benzene rings is 1. The van der Waals surface area contributed by atoms with Crippen LogP contribution in [0.15, 0.2) is 16.6 Å². The quantitative estimate of drug-likeness (QED) is 0.823. The van der Waals surface area contributed by atoms with Gasteiger partial charge in [0.1, 0.15) is 17.4 Å². The minimum atomic E-state index is -0.672. The maximum atomic E-state index is 13.8. The first-order chi connectivity index (χ1) is 9.58. The Morgan fingerprint density at radius 1 is 1.35 bits per heavy atom. The Morgan fingerprint density at radius 3 is 2.85 bits per heavy atom. The molecule has 1 aromatic carbocycles. The van der Waals surface area contributed by atoms with Crippen LogP contribution in [0, 0.1) is 11.6 Å². The van der Waals surface area contributed by atoms with Crippen molar-refractivity contribution in [2.45, 2.75) is 44.6 Å². The zero-order chi connectivity index (χ0) is 14.5. The highest BCUT2D eigenvalue weighted by Crippen LogP contribution is 2.23. The molecule has 1 heterocycles. The van der Waals surface area contributed by atoms with Crippen LogP contribution in [0.5, 0.6) is 0 Å². The first kappa shape index (κ1) is 15.6. The fourth-order valence-electron chi connectivity index (χ4n) is 2.52. The molecule has 0 saturated carbocycles. The van der Waals surface area contributed by atoms with Gasteiger partial charge in [0.15, 0.2) is 0 Å². The van der Waals surface area contributed by atoms with Crippen molar-refractivity contribution < 1.29 is 13.6 Å². The average Bonchev–Trinajstić information content (AvgIpc) is 2.46. The molecule has 20 heavy (non-hydrogen) atoms. The lowest BCUT2D eigenvalue weighted by Gasteiger charge is -2.23. The van der Waals surface area contributed by atoms with Crippen LogP contribution in [0.25, 0.3) is 0 Å². The van der Waals surface area contributed by atoms with E-state index in [1.807, 2.05) is 0 Å². The van der Waals surface area contributed by atoms with Crippen LogP contribution in [-0.2, 0) is 11.2 Å². The van der Waals surface area contributed by atoms with Gasteiger partial charge in [0.2, 0.25) is 0 Å². The average molecular weight is 346 g/mol. The lowest BCUT2D eigenvalue weighted by Crippen LogP contribution is -2.34. The lowest BCUT2D eigenvalue weighted by molar-refractivity contribution is -0.118. The van der Waals surface area contributed by atoms with Crippen LogP contribution < -0.4 is 5.32 Å². The van der Waals surface area contributed by atoms with Crippen LogP contribution in [0.3, 0.4) is 0 Å². The lowest BCUT2D eigenvalue weighted by atomic mass is 9.97. The predicted molar refractivity (Wildman–Crippen MR) is 77.6 cm³/mol. The molecule has 110 valence electrons. The fourth-order valence-corrected chi connectivity index (χ4v) is 2.89. The molecule has 2 nitrogen and oxygen atoms in total. The largest absolute Gasteiger partial charge is 0.314 e. The normalized spacial score (nSPS) is 19.1. The minimum absolute atomic E-state index is 0.117. The molecule has 1 aromatic rings. The SMILES string of the molecule is O=C(CCC1CCCCN1)Cc1c(F)ccc(Br)c1F. The summed E-state index contributed by atoms with van der Waals surface area (Å²) in [5.41, 5.74) is -0.138. The molecule has 1 fully saturated rings. The zero-order valence-electron chi connectivity index (χ0n) is 11.2. The molecule has 0 amide bonds. The zero-order valence-corrected chi connectivity index (χ0v) is 12.8. The number of nitrogens with one attached hydrogen (secondary N) is 1. The number of hydrogen-bond donors (Lipinski definition) is 1. The van der Waals surface area contributed by atoms with Crippen molar-refractivity contribution >= 4 is 21.7 Å². The molecule has 1 atom stereocenters. The van der Waals surface area contributed by atoms with E-state index in [0.29, 0.717) is 12.5 Å². The van der Waals surface area contributed by atoms with Crippen molar-refractivity contribution in [1.29, 1.82) is 0 Å². The topological polar surface area (TPSA) is 29.1 Å². The summed E-state index contributed by atoms with van der Waals surface area (Å²) in [6, 6.07) is 2.85. The van der Waals surface area contributed by atoms with Crippen LogP contribution in [-0.4, -0.2) is 18.4 Å². The van der Waals surface area contributed by atoms with Gasteiger partial charge in [-0.15, -0.1) is 0 Å². The van der Waals surface area contributed by atoms with Crippen molar-refractivity contribution in [3.63, 3.8) is 0 Å². The van der Waals surface area contributed by atoms with Gasteiger partial charge in [0, 0.05) is 24.4 Å². The van der Waals surface area contributed by atoms with Crippen molar-refractivity contribution in [3.8, 4) is 0 Å². The second kappa shape index (κ2) is 7.27. The number of ketones is 1. The monoisotopic (exact) mass is 345 g/mol. The number of hydrogen-bond acceptors (Lipinski definition) is 2. The van der Waals surface area contributed by atoms with Gasteiger partial charge in [-0.25, -0.2) is 8.78 Å². The van der Waals surface area contributed by atoms with E-state index >= 15 is 0 Å². The Bertz CT molecular complexity index is 487. The molecule has 5 heteroatoms. The summed E-state index contributed by atoms with van der Waals surface area (Å²) in [7, 11) is 0. The summed E-state index contributed by atoms with van der Waals surface area (Å²) in [4.78, 5) is 11.9. The molecule has 1 N–H and O–H groups in total. The molecule has 1 saturated heterocycles. The molecule has 0 bridgehead atoms. The molecule has 0 aliphatic carbocycles. The van der Waals surface area contributed by atoms with E-state index in [0.717, 1.165) is 19.4 Å². The van der Waals surface area contributed by atoms with E-state index < -0.39 is 11.6 Å². The van der Waals surface area contributed by atoms with E-state index in [9.17, 15) is 13.6 Å². The third-order valence-corrected chi connectivity index (χ3v) is 4.31. The van der Waals surface area contributed by atoms with Crippen LogP contribution >= 0.6 is 15.9 Å². The third-order valence-electron chi connectivity index (χ3n) is 3.70. The number of Topliss-reactive ketones (excluding diaryl/α,β-unsaturated/α-hetero) is 1. The summed E-state index contributed by atoms with van der Waals surface area (Å²) in [5.74, 6) is -1.45. The highest BCUT2D eigenvalue weighted by atomic mass is 79.9. The standard InChI is InChI=1S/C15H18BrF2NO/c16-13-6-7-14(17)12(15(13)18)9-11(20)5-4-10-3-1-2-8-19-10/h6-7,10,19H,1-5,8-9H2. The van der Waals surface area contributed by atoms with Gasteiger partial charge in [-0.1, -0.05) is 6.42 Å². The highest BCUT2D eigenvalue weighted by molar-refractivity contribution is 9.10.